The minimum Gasteiger partial charge on any atom is -0.465 e. The number of hydrogen-bond donors (Lipinski definition) is 2. The minimum atomic E-state index is -4.95. The lowest BCUT2D eigenvalue weighted by molar-refractivity contribution is -0.270. The third-order valence-electron chi connectivity index (χ3n) is 4.52. The van der Waals surface area contributed by atoms with Gasteiger partial charge in [0.05, 0.1) is 5.69 Å². The van der Waals surface area contributed by atoms with Gasteiger partial charge in [0.15, 0.2) is 0 Å². The molecule has 0 aliphatic carbocycles. The van der Waals surface area contributed by atoms with Crippen LogP contribution in [-0.4, -0.2) is 41.0 Å². The SMILES string of the molecule is O=C1Nc2ccc(Cl)cc2C(CC2CCCN2C(=O)O)(C(F)(F)F)O1. The smallest absolute Gasteiger partial charge is 0.432 e. The number of halogens is 4. The van der Waals surface area contributed by atoms with E-state index >= 15 is 0 Å². The fraction of sp³-hybridized carbons (Fsp3) is 0.467. The summed E-state index contributed by atoms with van der Waals surface area (Å²) in [6, 6.07) is 2.79. The van der Waals surface area contributed by atoms with Crippen molar-refractivity contribution in [2.24, 2.45) is 0 Å². The fourth-order valence-corrected chi connectivity index (χ4v) is 3.59. The molecular formula is C15H14ClF3N2O4. The molecule has 1 saturated heterocycles. The van der Waals surface area contributed by atoms with E-state index < -0.39 is 36.4 Å². The Morgan fingerprint density at radius 3 is 2.84 bits per heavy atom. The van der Waals surface area contributed by atoms with E-state index in [0.717, 1.165) is 11.0 Å². The zero-order valence-electron chi connectivity index (χ0n) is 12.8. The van der Waals surface area contributed by atoms with Crippen molar-refractivity contribution in [2.75, 3.05) is 11.9 Å². The first kappa shape index (κ1) is 17.7. The number of likely N-dealkylation sites (tertiary alicyclic amines) is 1. The molecule has 2 aliphatic rings. The van der Waals surface area contributed by atoms with Gasteiger partial charge in [-0.25, -0.2) is 9.59 Å². The van der Waals surface area contributed by atoms with E-state index in [1.807, 2.05) is 0 Å². The number of amides is 2. The lowest BCUT2D eigenvalue weighted by Crippen LogP contribution is -2.53. The maximum Gasteiger partial charge on any atom is 0.432 e. The van der Waals surface area contributed by atoms with Crippen molar-refractivity contribution in [3.05, 3.63) is 28.8 Å². The average Bonchev–Trinajstić information content (AvgIpc) is 2.95. The summed E-state index contributed by atoms with van der Waals surface area (Å²) in [5, 5.41) is 11.5. The van der Waals surface area contributed by atoms with Crippen molar-refractivity contribution in [3.63, 3.8) is 0 Å². The molecule has 0 radical (unpaired) electrons. The van der Waals surface area contributed by atoms with E-state index in [-0.39, 0.29) is 29.2 Å². The summed E-state index contributed by atoms with van der Waals surface area (Å²) in [5.41, 5.74) is -3.35. The first-order chi connectivity index (χ1) is 11.6. The van der Waals surface area contributed by atoms with Crippen LogP contribution >= 0.6 is 11.6 Å². The number of carbonyl (C=O) groups excluding carboxylic acids is 1. The van der Waals surface area contributed by atoms with Crippen LogP contribution in [0.4, 0.5) is 28.4 Å². The first-order valence-corrected chi connectivity index (χ1v) is 7.88. The second-order valence-electron chi connectivity index (χ2n) is 6.01. The number of cyclic esters (lactones) is 1. The standard InChI is InChI=1S/C15H14ClF3N2O4/c16-8-3-4-11-10(6-8)14(15(17,18)19,25-12(22)20-11)7-9-2-1-5-21(9)13(23)24/h3-4,6,9H,1-2,5,7H2,(H,20,22)(H,23,24). The van der Waals surface area contributed by atoms with Crippen LogP contribution in [0.1, 0.15) is 24.8 Å². The van der Waals surface area contributed by atoms with E-state index in [0.29, 0.717) is 6.42 Å². The van der Waals surface area contributed by atoms with Crippen LogP contribution in [0.15, 0.2) is 18.2 Å². The van der Waals surface area contributed by atoms with Crippen molar-refractivity contribution in [3.8, 4) is 0 Å². The second-order valence-corrected chi connectivity index (χ2v) is 6.44. The number of nitrogens with zero attached hydrogens (tertiary/aromatic N) is 1. The van der Waals surface area contributed by atoms with Gasteiger partial charge in [-0.2, -0.15) is 13.2 Å². The monoisotopic (exact) mass is 378 g/mol. The van der Waals surface area contributed by atoms with Crippen LogP contribution in [0.25, 0.3) is 0 Å². The van der Waals surface area contributed by atoms with Gasteiger partial charge < -0.3 is 14.7 Å². The summed E-state index contributed by atoms with van der Waals surface area (Å²) in [6.45, 7) is 0.141. The highest BCUT2D eigenvalue weighted by molar-refractivity contribution is 6.30. The summed E-state index contributed by atoms with van der Waals surface area (Å²) in [7, 11) is 0. The quantitative estimate of drug-likeness (QED) is 0.808. The van der Waals surface area contributed by atoms with E-state index in [9.17, 15) is 27.9 Å². The molecule has 6 nitrogen and oxygen atoms in total. The topological polar surface area (TPSA) is 78.9 Å². The van der Waals surface area contributed by atoms with Crippen LogP contribution in [-0.2, 0) is 10.3 Å². The maximum absolute atomic E-state index is 14.0. The van der Waals surface area contributed by atoms with Gasteiger partial charge in [-0.15, -0.1) is 0 Å². The van der Waals surface area contributed by atoms with Crippen molar-refractivity contribution in [2.45, 2.75) is 37.1 Å². The zero-order valence-corrected chi connectivity index (χ0v) is 13.5. The van der Waals surface area contributed by atoms with Gasteiger partial charge in [-0.05, 0) is 31.0 Å². The van der Waals surface area contributed by atoms with Crippen molar-refractivity contribution < 1.29 is 32.6 Å². The lowest BCUT2D eigenvalue weighted by Gasteiger charge is -2.42. The van der Waals surface area contributed by atoms with Crippen LogP contribution in [0.2, 0.25) is 5.02 Å². The second kappa shape index (κ2) is 5.98. The van der Waals surface area contributed by atoms with E-state index in [1.54, 1.807) is 0 Å². The molecule has 1 aromatic carbocycles. The fourth-order valence-electron chi connectivity index (χ4n) is 3.42. The zero-order chi connectivity index (χ0) is 18.4. The number of benzene rings is 1. The number of anilines is 1. The molecule has 1 aromatic rings. The number of hydrogen-bond acceptors (Lipinski definition) is 3. The van der Waals surface area contributed by atoms with Gasteiger partial charge in [0.2, 0.25) is 5.60 Å². The number of carbonyl (C=O) groups is 2. The molecule has 2 aliphatic heterocycles. The summed E-state index contributed by atoms with van der Waals surface area (Å²) in [4.78, 5) is 24.0. The molecule has 10 heteroatoms. The van der Waals surface area contributed by atoms with Gasteiger partial charge >= 0.3 is 18.4 Å². The molecular weight excluding hydrogens is 365 g/mol. The number of rotatable bonds is 2. The molecule has 0 aromatic heterocycles. The van der Waals surface area contributed by atoms with Gasteiger partial charge in [0.1, 0.15) is 0 Å². The van der Waals surface area contributed by atoms with Crippen LogP contribution in [0.5, 0.6) is 0 Å². The number of carboxylic acid groups (broad SMARTS) is 1. The normalized spacial score (nSPS) is 26.0. The van der Waals surface area contributed by atoms with Crippen molar-refractivity contribution in [1.82, 2.24) is 4.90 Å². The lowest BCUT2D eigenvalue weighted by atomic mass is 9.83. The summed E-state index contributed by atoms with van der Waals surface area (Å²) < 4.78 is 46.9. The van der Waals surface area contributed by atoms with E-state index in [1.165, 1.54) is 12.1 Å². The molecule has 2 N–H and O–H groups in total. The predicted octanol–water partition coefficient (Wildman–Crippen LogP) is 4.19. The largest absolute Gasteiger partial charge is 0.465 e. The number of fused-ring (bicyclic) bond motifs is 1. The highest BCUT2D eigenvalue weighted by Crippen LogP contribution is 2.52. The Hall–Kier alpha value is -2.16. The highest BCUT2D eigenvalue weighted by atomic mass is 35.5. The molecule has 2 atom stereocenters. The Morgan fingerprint density at radius 2 is 2.20 bits per heavy atom. The Labute approximate surface area is 145 Å². The molecule has 25 heavy (non-hydrogen) atoms. The number of nitrogens with one attached hydrogen (secondary N) is 1. The highest BCUT2D eigenvalue weighted by Gasteiger charge is 2.63. The predicted molar refractivity (Wildman–Crippen MR) is 81.7 cm³/mol. The maximum atomic E-state index is 14.0. The first-order valence-electron chi connectivity index (χ1n) is 7.50. The molecule has 2 unspecified atom stereocenters. The van der Waals surface area contributed by atoms with Crippen LogP contribution in [0.3, 0.4) is 0 Å². The number of ether oxygens (including phenoxy) is 1. The molecule has 1 fully saturated rings. The third kappa shape index (κ3) is 2.97. The van der Waals surface area contributed by atoms with Gasteiger partial charge in [-0.1, -0.05) is 11.6 Å². The number of alkyl halides is 3. The molecule has 0 bridgehead atoms. The molecule has 2 heterocycles. The molecule has 136 valence electrons. The van der Waals surface area contributed by atoms with E-state index in [2.05, 4.69) is 5.32 Å². The van der Waals surface area contributed by atoms with E-state index in [4.69, 9.17) is 16.3 Å². The van der Waals surface area contributed by atoms with Gasteiger partial charge in [-0.3, -0.25) is 5.32 Å². The average molecular weight is 379 g/mol. The third-order valence-corrected chi connectivity index (χ3v) is 4.76. The Morgan fingerprint density at radius 1 is 1.48 bits per heavy atom. The summed E-state index contributed by atoms with van der Waals surface area (Å²) in [5.74, 6) is 0. The molecule has 3 rings (SSSR count). The Balaban J connectivity index is 2.11. The van der Waals surface area contributed by atoms with Crippen molar-refractivity contribution >= 4 is 29.5 Å². The summed E-state index contributed by atoms with van der Waals surface area (Å²) >= 11 is 5.85. The van der Waals surface area contributed by atoms with Gasteiger partial charge in [0.25, 0.3) is 0 Å². The van der Waals surface area contributed by atoms with Crippen molar-refractivity contribution in [1.29, 1.82) is 0 Å². The molecule has 0 saturated carbocycles. The Bertz CT molecular complexity index is 727. The molecule has 2 amide bonds. The Kier molecular flexibility index (Phi) is 4.22. The minimum absolute atomic E-state index is 0.0497. The van der Waals surface area contributed by atoms with Crippen LogP contribution in [0, 0.1) is 0 Å². The van der Waals surface area contributed by atoms with Gasteiger partial charge in [0, 0.05) is 29.6 Å². The van der Waals surface area contributed by atoms with Crippen LogP contribution < -0.4 is 5.32 Å². The summed E-state index contributed by atoms with van der Waals surface area (Å²) in [6.07, 6.45) is -7.51. The molecule has 0 spiro atoms.